The Morgan fingerprint density at radius 3 is 2.44 bits per heavy atom. The molecule has 0 radical (unpaired) electrons. The largest absolute Gasteiger partial charge is 1.00 e. The zero-order valence-corrected chi connectivity index (χ0v) is 22.7. The Labute approximate surface area is 224 Å². The van der Waals surface area contributed by atoms with Gasteiger partial charge in [-0.2, -0.15) is 0 Å². The third-order valence-corrected chi connectivity index (χ3v) is 6.07. The number of amides is 2. The van der Waals surface area contributed by atoms with E-state index in [1.54, 1.807) is 9.80 Å². The number of nitrogens with zero attached hydrogens (tertiary/aromatic N) is 3. The highest BCUT2D eigenvalue weighted by Gasteiger charge is 2.27. The minimum absolute atomic E-state index is 0. The molecule has 0 bridgehead atoms. The Kier molecular flexibility index (Phi) is 9.52. The summed E-state index contributed by atoms with van der Waals surface area (Å²) in [6, 6.07) is 15.7. The summed E-state index contributed by atoms with van der Waals surface area (Å²) < 4.78 is 14.0. The predicted octanol–water partition coefficient (Wildman–Crippen LogP) is 0.887. The summed E-state index contributed by atoms with van der Waals surface area (Å²) in [6.45, 7) is 5.07. The van der Waals surface area contributed by atoms with Gasteiger partial charge < -0.3 is 43.3 Å². The van der Waals surface area contributed by atoms with Crippen LogP contribution in [0.1, 0.15) is 17.3 Å². The molecule has 0 N–H and O–H groups in total. The highest BCUT2D eigenvalue weighted by atomic mass is 127. The summed E-state index contributed by atoms with van der Waals surface area (Å²) in [5, 5.41) is 2.13. The minimum Gasteiger partial charge on any atom is -1.00 e. The van der Waals surface area contributed by atoms with Crippen LogP contribution in [-0.4, -0.2) is 61.2 Å². The first kappa shape index (κ1) is 26.2. The van der Waals surface area contributed by atoms with Gasteiger partial charge in [-0.25, -0.2) is 9.36 Å². The van der Waals surface area contributed by atoms with Gasteiger partial charge in [0.2, 0.25) is 0 Å². The zero-order chi connectivity index (χ0) is 23.2. The summed E-state index contributed by atoms with van der Waals surface area (Å²) >= 11 is 3.46. The lowest BCUT2D eigenvalue weighted by atomic mass is 10.1. The molecule has 1 aliphatic rings. The number of carbonyl (C=O) groups excluding carboxylic acids is 2. The number of piperazine rings is 1. The van der Waals surface area contributed by atoms with E-state index in [4.69, 9.17) is 9.47 Å². The third kappa shape index (κ3) is 6.38. The van der Waals surface area contributed by atoms with Crippen LogP contribution in [-0.2, 0) is 11.3 Å². The number of carbonyl (C=O) groups is 2. The van der Waals surface area contributed by atoms with Crippen molar-refractivity contribution in [1.29, 1.82) is 0 Å². The molecule has 1 saturated heterocycles. The van der Waals surface area contributed by atoms with Gasteiger partial charge in [-0.15, -0.1) is 0 Å². The molecule has 3 aromatic rings. The van der Waals surface area contributed by atoms with Crippen molar-refractivity contribution in [2.45, 2.75) is 13.5 Å². The molecular formula is C25H27BrIN3O4. The Balaban J connectivity index is 0.00000324. The number of hydrogen-bond acceptors (Lipinski definition) is 4. The Hall–Kier alpha value is -2.40. The second-order valence-corrected chi connectivity index (χ2v) is 8.71. The van der Waals surface area contributed by atoms with Crippen molar-refractivity contribution in [3.63, 3.8) is 0 Å². The number of halogens is 2. The molecule has 1 fully saturated rings. The maximum Gasteiger partial charge on any atom is 0.410 e. The molecule has 0 aliphatic carbocycles. The average molecular weight is 640 g/mol. The van der Waals surface area contributed by atoms with Gasteiger partial charge in [0.05, 0.1) is 4.47 Å². The summed E-state index contributed by atoms with van der Waals surface area (Å²) in [6.07, 6.45) is 3.41. The van der Waals surface area contributed by atoms with Crippen molar-refractivity contribution >= 4 is 38.7 Å². The summed E-state index contributed by atoms with van der Waals surface area (Å²) in [4.78, 5) is 28.7. The predicted molar refractivity (Wildman–Crippen MR) is 128 cm³/mol. The average Bonchev–Trinajstić information content (AvgIpc) is 2.85. The van der Waals surface area contributed by atoms with Crippen LogP contribution in [0.5, 0.6) is 5.75 Å². The quantitative estimate of drug-likeness (QED) is 0.228. The molecule has 34 heavy (non-hydrogen) atoms. The number of ether oxygens (including phenoxy) is 2. The minimum atomic E-state index is -0.380. The molecule has 0 saturated carbocycles. The van der Waals surface area contributed by atoms with Crippen molar-refractivity contribution in [3.8, 4) is 5.75 Å². The molecular weight excluding hydrogens is 613 g/mol. The van der Waals surface area contributed by atoms with Gasteiger partial charge in [0, 0.05) is 31.6 Å². The van der Waals surface area contributed by atoms with Crippen molar-refractivity contribution in [2.24, 2.45) is 0 Å². The Bertz CT molecular complexity index is 1150. The first-order valence-corrected chi connectivity index (χ1v) is 11.9. The van der Waals surface area contributed by atoms with E-state index < -0.39 is 0 Å². The maximum atomic E-state index is 12.9. The molecule has 0 spiro atoms. The van der Waals surface area contributed by atoms with Crippen LogP contribution in [0, 0.1) is 0 Å². The van der Waals surface area contributed by atoms with Gasteiger partial charge >= 0.3 is 6.09 Å². The fourth-order valence-electron chi connectivity index (χ4n) is 3.87. The van der Waals surface area contributed by atoms with Gasteiger partial charge in [-0.1, -0.05) is 36.4 Å². The van der Waals surface area contributed by atoms with Crippen molar-refractivity contribution < 1.29 is 47.6 Å². The third-order valence-electron chi connectivity index (χ3n) is 5.64. The van der Waals surface area contributed by atoms with E-state index in [-0.39, 0.29) is 49.2 Å². The normalized spacial score (nSPS) is 13.4. The van der Waals surface area contributed by atoms with Crippen LogP contribution >= 0.6 is 15.9 Å². The van der Waals surface area contributed by atoms with Gasteiger partial charge in [0.1, 0.15) is 31.1 Å². The molecule has 7 nitrogen and oxygen atoms in total. The number of rotatable bonds is 6. The lowest BCUT2D eigenvalue weighted by Gasteiger charge is -2.34. The van der Waals surface area contributed by atoms with Crippen LogP contribution in [0.4, 0.5) is 4.79 Å². The summed E-state index contributed by atoms with van der Waals surface area (Å²) in [5.41, 5.74) is 0.632. The van der Waals surface area contributed by atoms with E-state index in [9.17, 15) is 9.59 Å². The number of aryl methyl sites for hydroxylation is 1. The SMILES string of the molecule is CC[n+]1cc(Br)cc(C(=O)N2CCN(C(=O)OCCOc3cccc4ccccc34)CC2)c1.[I-]. The van der Waals surface area contributed by atoms with Gasteiger partial charge in [0.25, 0.3) is 5.91 Å². The van der Waals surface area contributed by atoms with E-state index in [0.717, 1.165) is 27.5 Å². The van der Waals surface area contributed by atoms with Crippen LogP contribution in [0.25, 0.3) is 10.8 Å². The Morgan fingerprint density at radius 1 is 0.971 bits per heavy atom. The van der Waals surface area contributed by atoms with Crippen molar-refractivity contribution in [3.05, 3.63) is 71.0 Å². The molecule has 2 amide bonds. The topological polar surface area (TPSA) is 63.0 Å². The van der Waals surface area contributed by atoms with Gasteiger partial charge in [-0.3, -0.25) is 4.79 Å². The first-order valence-electron chi connectivity index (χ1n) is 11.1. The molecule has 2 aromatic carbocycles. The molecule has 4 rings (SSSR count). The van der Waals surface area contributed by atoms with Gasteiger partial charge in [0.15, 0.2) is 12.4 Å². The highest BCUT2D eigenvalue weighted by Crippen LogP contribution is 2.25. The number of hydrogen-bond donors (Lipinski definition) is 0. The number of pyridine rings is 1. The van der Waals surface area contributed by atoms with E-state index in [1.165, 1.54) is 0 Å². The molecule has 1 aromatic heterocycles. The van der Waals surface area contributed by atoms with Crippen molar-refractivity contribution in [1.82, 2.24) is 9.80 Å². The summed E-state index contributed by atoms with van der Waals surface area (Å²) in [7, 11) is 0. The Morgan fingerprint density at radius 2 is 1.68 bits per heavy atom. The number of benzene rings is 2. The molecule has 0 unspecified atom stereocenters. The van der Waals surface area contributed by atoms with Crippen LogP contribution in [0.15, 0.2) is 65.4 Å². The van der Waals surface area contributed by atoms with E-state index in [0.29, 0.717) is 31.7 Å². The maximum absolute atomic E-state index is 12.9. The van der Waals surface area contributed by atoms with E-state index in [2.05, 4.69) is 15.9 Å². The molecule has 180 valence electrons. The molecule has 9 heteroatoms. The van der Waals surface area contributed by atoms with Crippen LogP contribution < -0.4 is 33.3 Å². The van der Waals surface area contributed by atoms with Crippen LogP contribution in [0.2, 0.25) is 0 Å². The highest BCUT2D eigenvalue weighted by molar-refractivity contribution is 9.10. The molecule has 2 heterocycles. The smallest absolute Gasteiger partial charge is 0.410 e. The van der Waals surface area contributed by atoms with Crippen LogP contribution in [0.3, 0.4) is 0 Å². The fraction of sp³-hybridized carbons (Fsp3) is 0.320. The lowest BCUT2D eigenvalue weighted by molar-refractivity contribution is -0.694. The van der Waals surface area contributed by atoms with Gasteiger partial charge in [-0.05, 0) is 40.4 Å². The second kappa shape index (κ2) is 12.3. The van der Waals surface area contributed by atoms with E-state index in [1.807, 2.05) is 72.4 Å². The molecule has 0 atom stereocenters. The van der Waals surface area contributed by atoms with Crippen molar-refractivity contribution in [2.75, 3.05) is 39.4 Å². The zero-order valence-electron chi connectivity index (χ0n) is 19.0. The second-order valence-electron chi connectivity index (χ2n) is 7.79. The fourth-order valence-corrected chi connectivity index (χ4v) is 4.37. The first-order chi connectivity index (χ1) is 16.0. The monoisotopic (exact) mass is 639 g/mol. The number of fused-ring (bicyclic) bond motifs is 1. The lowest BCUT2D eigenvalue weighted by Crippen LogP contribution is -3.00. The number of aromatic nitrogens is 1. The molecule has 1 aliphatic heterocycles. The standard InChI is InChI=1S/C25H27BrN3O4.HI/c1-2-27-17-20(16-21(26)18-27)24(30)28-10-12-29(13-11-28)25(31)33-15-14-32-23-9-5-7-19-6-3-4-8-22(19)23;/h3-9,16-18H,2,10-15H2,1H3;1H/q+1;/p-1. The summed E-state index contributed by atoms with van der Waals surface area (Å²) in [5.74, 6) is 0.739. The van der Waals surface area contributed by atoms with E-state index >= 15 is 0 Å².